The average Bonchev–Trinajstić information content (AvgIpc) is 1.96. The molecule has 0 aliphatic heterocycles. The smallest absolute Gasteiger partial charge is 0.0164 e. The van der Waals surface area contributed by atoms with E-state index < -0.39 is 0 Å². The Labute approximate surface area is 82.2 Å². The molecule has 11 heavy (non-hydrogen) atoms. The molecule has 0 N–H and O–H groups in total. The van der Waals surface area contributed by atoms with E-state index in [2.05, 4.69) is 55.5 Å². The second kappa shape index (κ2) is 3.57. The van der Waals surface area contributed by atoms with Crippen LogP contribution in [0.2, 0.25) is 0 Å². The van der Waals surface area contributed by atoms with E-state index >= 15 is 0 Å². The first-order valence-electron chi connectivity index (χ1n) is 3.90. The van der Waals surface area contributed by atoms with E-state index in [1.165, 1.54) is 20.3 Å². The van der Waals surface area contributed by atoms with Gasteiger partial charge < -0.3 is 0 Å². The van der Waals surface area contributed by atoms with Crippen LogP contribution in [0.1, 0.15) is 23.6 Å². The van der Waals surface area contributed by atoms with Crippen molar-refractivity contribution in [3.8, 4) is 0 Å². The van der Waals surface area contributed by atoms with Gasteiger partial charge in [0, 0.05) is 3.57 Å². The van der Waals surface area contributed by atoms with Gasteiger partial charge in [-0.25, -0.2) is 0 Å². The van der Waals surface area contributed by atoms with Gasteiger partial charge in [-0.15, -0.1) is 0 Å². The van der Waals surface area contributed by atoms with Gasteiger partial charge in [0.25, 0.3) is 0 Å². The first kappa shape index (κ1) is 9.04. The maximum absolute atomic E-state index is 2.40. The standard InChI is InChI=1S/C10H13I/c1-4-9-5-7(2)6-10(11)8(9)3/h5-6H,4H2,1-3H3. The highest BCUT2D eigenvalue weighted by Crippen LogP contribution is 2.18. The molecule has 0 atom stereocenters. The summed E-state index contributed by atoms with van der Waals surface area (Å²) in [6, 6.07) is 4.51. The van der Waals surface area contributed by atoms with Crippen molar-refractivity contribution in [2.24, 2.45) is 0 Å². The Balaban J connectivity index is 3.24. The van der Waals surface area contributed by atoms with Gasteiger partial charge in [-0.1, -0.05) is 13.0 Å². The second-order valence-electron chi connectivity index (χ2n) is 2.88. The summed E-state index contributed by atoms with van der Waals surface area (Å²) in [5.41, 5.74) is 4.30. The van der Waals surface area contributed by atoms with Gasteiger partial charge >= 0.3 is 0 Å². The molecule has 0 unspecified atom stereocenters. The molecular formula is C10H13I. The van der Waals surface area contributed by atoms with Crippen molar-refractivity contribution in [3.63, 3.8) is 0 Å². The van der Waals surface area contributed by atoms with E-state index in [0.717, 1.165) is 6.42 Å². The Morgan fingerprint density at radius 1 is 1.27 bits per heavy atom. The van der Waals surface area contributed by atoms with Gasteiger partial charge in [-0.05, 0) is 65.6 Å². The maximum Gasteiger partial charge on any atom is 0.0164 e. The number of aryl methyl sites for hydroxylation is 2. The van der Waals surface area contributed by atoms with Crippen LogP contribution in [0.15, 0.2) is 12.1 Å². The minimum atomic E-state index is 1.14. The number of rotatable bonds is 1. The van der Waals surface area contributed by atoms with Crippen LogP contribution in [0.3, 0.4) is 0 Å². The van der Waals surface area contributed by atoms with Crippen molar-refractivity contribution < 1.29 is 0 Å². The van der Waals surface area contributed by atoms with Crippen LogP contribution >= 0.6 is 22.6 Å². The molecule has 0 aliphatic rings. The molecule has 0 heterocycles. The predicted molar refractivity (Wildman–Crippen MR) is 58.0 cm³/mol. The molecule has 60 valence electrons. The number of hydrogen-bond donors (Lipinski definition) is 0. The van der Waals surface area contributed by atoms with Crippen molar-refractivity contribution in [1.29, 1.82) is 0 Å². The third kappa shape index (κ3) is 1.95. The van der Waals surface area contributed by atoms with Crippen molar-refractivity contribution in [1.82, 2.24) is 0 Å². The van der Waals surface area contributed by atoms with Gasteiger partial charge in [-0.3, -0.25) is 0 Å². The van der Waals surface area contributed by atoms with E-state index in [4.69, 9.17) is 0 Å². The fourth-order valence-corrected chi connectivity index (χ4v) is 2.09. The monoisotopic (exact) mass is 260 g/mol. The SMILES string of the molecule is CCc1cc(C)cc(I)c1C. The van der Waals surface area contributed by atoms with Crippen LogP contribution in [0.5, 0.6) is 0 Å². The second-order valence-corrected chi connectivity index (χ2v) is 4.05. The van der Waals surface area contributed by atoms with E-state index in [9.17, 15) is 0 Å². The lowest BCUT2D eigenvalue weighted by Gasteiger charge is -2.06. The zero-order valence-electron chi connectivity index (χ0n) is 7.24. The summed E-state index contributed by atoms with van der Waals surface area (Å²) in [6.07, 6.45) is 1.14. The Hall–Kier alpha value is -0.0500. The number of halogens is 1. The normalized spacial score (nSPS) is 10.2. The highest BCUT2D eigenvalue weighted by atomic mass is 127. The van der Waals surface area contributed by atoms with Crippen LogP contribution in [0.25, 0.3) is 0 Å². The van der Waals surface area contributed by atoms with Crippen LogP contribution in [0.4, 0.5) is 0 Å². The zero-order chi connectivity index (χ0) is 8.43. The largest absolute Gasteiger partial charge is 0.0613 e. The lowest BCUT2D eigenvalue weighted by molar-refractivity contribution is 1.09. The molecule has 0 nitrogen and oxygen atoms in total. The van der Waals surface area contributed by atoms with E-state index in [-0.39, 0.29) is 0 Å². The molecule has 0 amide bonds. The Bertz CT molecular complexity index is 264. The zero-order valence-corrected chi connectivity index (χ0v) is 9.40. The summed E-state index contributed by atoms with van der Waals surface area (Å²) in [6.45, 7) is 6.55. The first-order chi connectivity index (χ1) is 5.15. The quantitative estimate of drug-likeness (QED) is 0.678. The molecule has 0 radical (unpaired) electrons. The molecular weight excluding hydrogens is 247 g/mol. The number of benzene rings is 1. The number of hydrogen-bond acceptors (Lipinski definition) is 0. The van der Waals surface area contributed by atoms with Gasteiger partial charge in [0.2, 0.25) is 0 Å². The fraction of sp³-hybridized carbons (Fsp3) is 0.400. The highest BCUT2D eigenvalue weighted by Gasteiger charge is 2.00. The van der Waals surface area contributed by atoms with Crippen molar-refractivity contribution >= 4 is 22.6 Å². The van der Waals surface area contributed by atoms with Gasteiger partial charge in [-0.2, -0.15) is 0 Å². The average molecular weight is 260 g/mol. The molecule has 0 bridgehead atoms. The topological polar surface area (TPSA) is 0 Å². The fourth-order valence-electron chi connectivity index (χ4n) is 1.25. The summed E-state index contributed by atoms with van der Waals surface area (Å²) in [5.74, 6) is 0. The van der Waals surface area contributed by atoms with Gasteiger partial charge in [0.15, 0.2) is 0 Å². The molecule has 1 aromatic rings. The minimum Gasteiger partial charge on any atom is -0.0613 e. The Morgan fingerprint density at radius 2 is 1.91 bits per heavy atom. The summed E-state index contributed by atoms with van der Waals surface area (Å²) < 4.78 is 1.39. The van der Waals surface area contributed by atoms with Crippen LogP contribution in [-0.2, 0) is 6.42 Å². The van der Waals surface area contributed by atoms with Crippen molar-refractivity contribution in [3.05, 3.63) is 32.4 Å². The van der Waals surface area contributed by atoms with Crippen molar-refractivity contribution in [2.75, 3.05) is 0 Å². The Kier molecular flexibility index (Phi) is 2.93. The van der Waals surface area contributed by atoms with E-state index in [1.54, 1.807) is 0 Å². The summed E-state index contributed by atoms with van der Waals surface area (Å²) in [5, 5.41) is 0. The minimum absolute atomic E-state index is 1.14. The van der Waals surface area contributed by atoms with Crippen LogP contribution in [-0.4, -0.2) is 0 Å². The van der Waals surface area contributed by atoms with Crippen molar-refractivity contribution in [2.45, 2.75) is 27.2 Å². The van der Waals surface area contributed by atoms with Gasteiger partial charge in [0.05, 0.1) is 0 Å². The Morgan fingerprint density at radius 3 is 2.45 bits per heavy atom. The third-order valence-electron chi connectivity index (χ3n) is 1.98. The molecule has 1 rings (SSSR count). The highest BCUT2D eigenvalue weighted by molar-refractivity contribution is 14.1. The van der Waals surface area contributed by atoms with Crippen LogP contribution < -0.4 is 0 Å². The molecule has 0 aromatic heterocycles. The first-order valence-corrected chi connectivity index (χ1v) is 4.98. The molecule has 0 saturated carbocycles. The summed E-state index contributed by atoms with van der Waals surface area (Å²) in [7, 11) is 0. The maximum atomic E-state index is 2.40. The molecule has 0 saturated heterocycles. The predicted octanol–water partition coefficient (Wildman–Crippen LogP) is 3.47. The van der Waals surface area contributed by atoms with Crippen LogP contribution in [0, 0.1) is 17.4 Å². The molecule has 1 aromatic carbocycles. The molecule has 0 fully saturated rings. The summed E-state index contributed by atoms with van der Waals surface area (Å²) >= 11 is 2.40. The summed E-state index contributed by atoms with van der Waals surface area (Å²) in [4.78, 5) is 0. The third-order valence-corrected chi connectivity index (χ3v) is 3.10. The van der Waals surface area contributed by atoms with E-state index in [0.29, 0.717) is 0 Å². The van der Waals surface area contributed by atoms with E-state index in [1.807, 2.05) is 0 Å². The lowest BCUT2D eigenvalue weighted by Crippen LogP contribution is -1.91. The lowest BCUT2D eigenvalue weighted by atomic mass is 10.0. The van der Waals surface area contributed by atoms with Gasteiger partial charge in [0.1, 0.15) is 0 Å². The molecule has 0 spiro atoms. The molecule has 0 aliphatic carbocycles. The molecule has 1 heteroatoms.